The summed E-state index contributed by atoms with van der Waals surface area (Å²) in [5.74, 6) is -1.03. The van der Waals surface area contributed by atoms with Crippen LogP contribution in [-0.4, -0.2) is 28.6 Å². The van der Waals surface area contributed by atoms with Crippen molar-refractivity contribution in [1.82, 2.24) is 5.32 Å². The fraction of sp³-hybridized carbons (Fsp3) is 0.467. The van der Waals surface area contributed by atoms with Crippen molar-refractivity contribution >= 4 is 23.5 Å². The standard InChI is InChI=1S/C15H20ClNO4/c1-4-9-15(3,14(19)20)17-13(18)10(2)21-12-7-5-11(16)6-8-12/h5-8,10H,4,9H2,1-3H3,(H,17,18)(H,19,20). The van der Waals surface area contributed by atoms with Crippen LogP contribution in [0.3, 0.4) is 0 Å². The molecule has 1 aromatic rings. The van der Waals surface area contributed by atoms with Crippen LogP contribution >= 0.6 is 11.6 Å². The largest absolute Gasteiger partial charge is 0.481 e. The molecule has 0 heterocycles. The van der Waals surface area contributed by atoms with Crippen molar-refractivity contribution in [2.24, 2.45) is 0 Å². The number of carbonyl (C=O) groups is 2. The fourth-order valence-electron chi connectivity index (χ4n) is 1.87. The molecule has 21 heavy (non-hydrogen) atoms. The molecule has 0 bridgehead atoms. The van der Waals surface area contributed by atoms with Gasteiger partial charge in [0, 0.05) is 5.02 Å². The predicted molar refractivity (Wildman–Crippen MR) is 80.6 cm³/mol. The van der Waals surface area contributed by atoms with Gasteiger partial charge in [0.05, 0.1) is 0 Å². The van der Waals surface area contributed by atoms with E-state index in [2.05, 4.69) is 5.32 Å². The van der Waals surface area contributed by atoms with Gasteiger partial charge in [0.2, 0.25) is 0 Å². The number of ether oxygens (including phenoxy) is 1. The Morgan fingerprint density at radius 2 is 1.95 bits per heavy atom. The Morgan fingerprint density at radius 3 is 2.43 bits per heavy atom. The van der Waals surface area contributed by atoms with E-state index in [-0.39, 0.29) is 0 Å². The second kappa shape index (κ2) is 7.31. The molecule has 5 nitrogen and oxygen atoms in total. The summed E-state index contributed by atoms with van der Waals surface area (Å²) in [6, 6.07) is 6.60. The third kappa shape index (κ3) is 4.93. The van der Waals surface area contributed by atoms with E-state index in [1.165, 1.54) is 6.92 Å². The molecule has 0 aliphatic heterocycles. The number of rotatable bonds is 7. The number of hydrogen-bond acceptors (Lipinski definition) is 3. The zero-order valence-electron chi connectivity index (χ0n) is 12.4. The summed E-state index contributed by atoms with van der Waals surface area (Å²) in [4.78, 5) is 23.4. The van der Waals surface area contributed by atoms with Crippen molar-refractivity contribution in [1.29, 1.82) is 0 Å². The number of carboxylic acids is 1. The monoisotopic (exact) mass is 313 g/mol. The van der Waals surface area contributed by atoms with E-state index in [4.69, 9.17) is 16.3 Å². The highest BCUT2D eigenvalue weighted by atomic mass is 35.5. The molecule has 2 unspecified atom stereocenters. The molecule has 0 fully saturated rings. The molecular formula is C15H20ClNO4. The maximum absolute atomic E-state index is 12.1. The van der Waals surface area contributed by atoms with Crippen LogP contribution < -0.4 is 10.1 Å². The van der Waals surface area contributed by atoms with Gasteiger partial charge < -0.3 is 15.2 Å². The van der Waals surface area contributed by atoms with Gasteiger partial charge in [-0.15, -0.1) is 0 Å². The SMILES string of the molecule is CCCC(C)(NC(=O)C(C)Oc1ccc(Cl)cc1)C(=O)O. The number of halogens is 1. The normalized spacial score (nSPS) is 14.9. The first-order chi connectivity index (χ1) is 9.78. The first kappa shape index (κ1) is 17.3. The topological polar surface area (TPSA) is 75.6 Å². The van der Waals surface area contributed by atoms with Crippen LogP contribution in [0.15, 0.2) is 24.3 Å². The molecule has 1 aromatic carbocycles. The lowest BCUT2D eigenvalue weighted by Crippen LogP contribution is -2.55. The number of aliphatic carboxylic acids is 1. The van der Waals surface area contributed by atoms with Gasteiger partial charge in [-0.3, -0.25) is 4.79 Å². The molecule has 0 aliphatic rings. The van der Waals surface area contributed by atoms with Crippen LogP contribution in [0.4, 0.5) is 0 Å². The smallest absolute Gasteiger partial charge is 0.329 e. The average Bonchev–Trinajstić information content (AvgIpc) is 2.41. The molecule has 2 atom stereocenters. The lowest BCUT2D eigenvalue weighted by atomic mass is 9.96. The quantitative estimate of drug-likeness (QED) is 0.811. The Labute approximate surface area is 129 Å². The minimum Gasteiger partial charge on any atom is -0.481 e. The van der Waals surface area contributed by atoms with Crippen molar-refractivity contribution in [3.05, 3.63) is 29.3 Å². The Morgan fingerprint density at radius 1 is 1.38 bits per heavy atom. The molecule has 6 heteroatoms. The van der Waals surface area contributed by atoms with Gasteiger partial charge in [0.15, 0.2) is 6.10 Å². The molecule has 0 aliphatic carbocycles. The second-order valence-electron chi connectivity index (χ2n) is 5.09. The molecular weight excluding hydrogens is 294 g/mol. The third-order valence-corrected chi connectivity index (χ3v) is 3.37. The van der Waals surface area contributed by atoms with Crippen molar-refractivity contribution in [2.45, 2.75) is 45.3 Å². The van der Waals surface area contributed by atoms with Gasteiger partial charge >= 0.3 is 5.97 Å². The third-order valence-electron chi connectivity index (χ3n) is 3.12. The van der Waals surface area contributed by atoms with Crippen LogP contribution in [0.2, 0.25) is 5.02 Å². The molecule has 0 saturated carbocycles. The van der Waals surface area contributed by atoms with Crippen LogP contribution in [0.1, 0.15) is 33.6 Å². The van der Waals surface area contributed by atoms with E-state index in [0.29, 0.717) is 23.6 Å². The van der Waals surface area contributed by atoms with E-state index in [1.54, 1.807) is 31.2 Å². The number of hydrogen-bond donors (Lipinski definition) is 2. The maximum atomic E-state index is 12.1. The summed E-state index contributed by atoms with van der Waals surface area (Å²) in [7, 11) is 0. The molecule has 1 rings (SSSR count). The first-order valence-corrected chi connectivity index (χ1v) is 7.14. The van der Waals surface area contributed by atoms with Crippen LogP contribution in [0, 0.1) is 0 Å². The molecule has 1 amide bonds. The van der Waals surface area contributed by atoms with Gasteiger partial charge in [-0.2, -0.15) is 0 Å². The van der Waals surface area contributed by atoms with Crippen molar-refractivity contribution in [3.63, 3.8) is 0 Å². The fourth-order valence-corrected chi connectivity index (χ4v) is 1.99. The molecule has 0 aromatic heterocycles. The lowest BCUT2D eigenvalue weighted by Gasteiger charge is -2.27. The summed E-state index contributed by atoms with van der Waals surface area (Å²) >= 11 is 5.77. The zero-order chi connectivity index (χ0) is 16.0. The highest BCUT2D eigenvalue weighted by Crippen LogP contribution is 2.18. The Hall–Kier alpha value is -1.75. The van der Waals surface area contributed by atoms with Gasteiger partial charge in [0.1, 0.15) is 11.3 Å². The van der Waals surface area contributed by atoms with Crippen molar-refractivity contribution in [2.75, 3.05) is 0 Å². The van der Waals surface area contributed by atoms with Crippen LogP contribution in [0.25, 0.3) is 0 Å². The van der Waals surface area contributed by atoms with Crippen molar-refractivity contribution < 1.29 is 19.4 Å². The minimum absolute atomic E-state index is 0.349. The van der Waals surface area contributed by atoms with Crippen LogP contribution in [0.5, 0.6) is 5.75 Å². The predicted octanol–water partition coefficient (Wildman–Crippen LogP) is 2.87. The maximum Gasteiger partial charge on any atom is 0.329 e. The summed E-state index contributed by atoms with van der Waals surface area (Å²) in [5.41, 5.74) is -1.29. The number of carboxylic acid groups (broad SMARTS) is 1. The minimum atomic E-state index is -1.29. The van der Waals surface area contributed by atoms with E-state index in [0.717, 1.165) is 0 Å². The van der Waals surface area contributed by atoms with Gasteiger partial charge in [0.25, 0.3) is 5.91 Å². The van der Waals surface area contributed by atoms with E-state index in [1.807, 2.05) is 6.92 Å². The molecule has 2 N–H and O–H groups in total. The average molecular weight is 314 g/mol. The van der Waals surface area contributed by atoms with E-state index >= 15 is 0 Å². The zero-order valence-corrected chi connectivity index (χ0v) is 13.1. The highest BCUT2D eigenvalue weighted by Gasteiger charge is 2.35. The first-order valence-electron chi connectivity index (χ1n) is 6.76. The number of benzene rings is 1. The Bertz CT molecular complexity index is 503. The Kier molecular flexibility index (Phi) is 6.03. The summed E-state index contributed by atoms with van der Waals surface area (Å²) in [6.07, 6.45) is 0.193. The van der Waals surface area contributed by atoms with Crippen molar-refractivity contribution in [3.8, 4) is 5.75 Å². The van der Waals surface area contributed by atoms with Crippen LogP contribution in [-0.2, 0) is 9.59 Å². The van der Waals surface area contributed by atoms with Gasteiger partial charge in [-0.1, -0.05) is 24.9 Å². The summed E-state index contributed by atoms with van der Waals surface area (Å²) < 4.78 is 5.47. The molecule has 116 valence electrons. The Balaban J connectivity index is 2.69. The summed E-state index contributed by atoms with van der Waals surface area (Å²) in [6.45, 7) is 4.92. The highest BCUT2D eigenvalue weighted by molar-refractivity contribution is 6.30. The van der Waals surface area contributed by atoms with Gasteiger partial charge in [-0.25, -0.2) is 4.79 Å². The van der Waals surface area contributed by atoms with E-state index < -0.39 is 23.5 Å². The number of carbonyl (C=O) groups excluding carboxylic acids is 1. The van der Waals surface area contributed by atoms with E-state index in [9.17, 15) is 14.7 Å². The molecule has 0 saturated heterocycles. The number of amides is 1. The lowest BCUT2D eigenvalue weighted by molar-refractivity contribution is -0.148. The van der Waals surface area contributed by atoms with Gasteiger partial charge in [-0.05, 0) is 44.5 Å². The molecule has 0 spiro atoms. The second-order valence-corrected chi connectivity index (χ2v) is 5.53. The number of nitrogens with one attached hydrogen (secondary N) is 1. The summed E-state index contributed by atoms with van der Waals surface area (Å²) in [5, 5.41) is 12.4. The molecule has 0 radical (unpaired) electrons.